The molecule has 1 saturated heterocycles. The highest BCUT2D eigenvalue weighted by Gasteiger charge is 2.36. The van der Waals surface area contributed by atoms with Gasteiger partial charge in [0.2, 0.25) is 0 Å². The molecule has 1 heterocycles. The molecular formula is C32H23Cl3N2O5. The zero-order chi connectivity index (χ0) is 29.8. The van der Waals surface area contributed by atoms with Crippen molar-refractivity contribution in [3.63, 3.8) is 0 Å². The van der Waals surface area contributed by atoms with Crippen LogP contribution in [0, 0.1) is 6.92 Å². The first-order chi connectivity index (χ1) is 20.2. The number of carbonyl (C=O) groups is 3. The molecule has 42 heavy (non-hydrogen) atoms. The second kappa shape index (κ2) is 12.7. The van der Waals surface area contributed by atoms with E-state index in [0.29, 0.717) is 33.7 Å². The molecule has 0 atom stereocenters. The average molecular weight is 622 g/mol. The minimum atomic E-state index is -0.848. The number of halogens is 3. The van der Waals surface area contributed by atoms with Crippen molar-refractivity contribution in [3.05, 3.63) is 128 Å². The van der Waals surface area contributed by atoms with E-state index >= 15 is 0 Å². The molecule has 0 saturated carbocycles. The summed E-state index contributed by atoms with van der Waals surface area (Å²) in [4.78, 5) is 39.4. The minimum Gasteiger partial charge on any atom is -0.489 e. The van der Waals surface area contributed by atoms with Crippen molar-refractivity contribution in [1.29, 1.82) is 0 Å². The maximum atomic E-state index is 13.3. The van der Waals surface area contributed by atoms with Gasteiger partial charge in [0.25, 0.3) is 11.8 Å². The Morgan fingerprint density at radius 3 is 2.12 bits per heavy atom. The summed E-state index contributed by atoms with van der Waals surface area (Å²) < 4.78 is 11.6. The Bertz CT molecular complexity index is 1700. The summed E-state index contributed by atoms with van der Waals surface area (Å²) in [6, 6.07) is 23.6. The number of urea groups is 1. The third kappa shape index (κ3) is 6.77. The van der Waals surface area contributed by atoms with Gasteiger partial charge >= 0.3 is 6.03 Å². The van der Waals surface area contributed by atoms with Gasteiger partial charge < -0.3 is 9.47 Å². The lowest BCUT2D eigenvalue weighted by atomic mass is 10.1. The van der Waals surface area contributed by atoms with Crippen molar-refractivity contribution in [2.75, 3.05) is 4.90 Å². The van der Waals surface area contributed by atoms with Gasteiger partial charge in [-0.1, -0.05) is 76.8 Å². The van der Waals surface area contributed by atoms with Crippen LogP contribution in [0.4, 0.5) is 10.5 Å². The molecule has 5 rings (SSSR count). The number of hydrogen-bond acceptors (Lipinski definition) is 5. The third-order valence-corrected chi connectivity index (χ3v) is 7.40. The molecule has 10 heteroatoms. The average Bonchev–Trinajstić information content (AvgIpc) is 2.97. The molecule has 4 aromatic rings. The van der Waals surface area contributed by atoms with Gasteiger partial charge in [-0.05, 0) is 78.2 Å². The van der Waals surface area contributed by atoms with E-state index in [2.05, 4.69) is 5.32 Å². The van der Waals surface area contributed by atoms with E-state index in [9.17, 15) is 14.4 Å². The summed E-state index contributed by atoms with van der Waals surface area (Å²) in [5.41, 5.74) is 3.48. The number of anilines is 1. The number of nitrogens with zero attached hydrogens (tertiary/aromatic N) is 1. The van der Waals surface area contributed by atoms with E-state index < -0.39 is 17.8 Å². The molecule has 0 spiro atoms. The molecular weight excluding hydrogens is 599 g/mol. The van der Waals surface area contributed by atoms with Crippen LogP contribution in [0.3, 0.4) is 0 Å². The molecule has 0 unspecified atom stereocenters. The summed E-state index contributed by atoms with van der Waals surface area (Å²) in [5, 5.41) is 3.34. The Labute approximate surface area is 257 Å². The maximum Gasteiger partial charge on any atom is 0.335 e. The van der Waals surface area contributed by atoms with Crippen LogP contribution in [0.25, 0.3) is 6.08 Å². The van der Waals surface area contributed by atoms with Crippen LogP contribution in [0.1, 0.15) is 22.3 Å². The van der Waals surface area contributed by atoms with Gasteiger partial charge in [0.1, 0.15) is 30.3 Å². The predicted molar refractivity (Wildman–Crippen MR) is 163 cm³/mol. The minimum absolute atomic E-state index is 0.199. The lowest BCUT2D eigenvalue weighted by Gasteiger charge is -2.26. The van der Waals surface area contributed by atoms with Crippen molar-refractivity contribution in [3.8, 4) is 11.5 Å². The molecule has 1 fully saturated rings. The second-order valence-electron chi connectivity index (χ2n) is 9.45. The number of ether oxygens (including phenoxy) is 2. The van der Waals surface area contributed by atoms with Crippen molar-refractivity contribution in [2.45, 2.75) is 20.1 Å². The summed E-state index contributed by atoms with van der Waals surface area (Å²) in [5.74, 6) is -0.624. The van der Waals surface area contributed by atoms with Gasteiger partial charge in [-0.3, -0.25) is 14.9 Å². The fourth-order valence-corrected chi connectivity index (χ4v) is 4.68. The molecule has 0 aliphatic carbocycles. The molecule has 7 nitrogen and oxygen atoms in total. The van der Waals surface area contributed by atoms with Crippen LogP contribution >= 0.6 is 34.8 Å². The fraction of sp³-hybridized carbons (Fsp3) is 0.0938. The molecule has 0 bridgehead atoms. The van der Waals surface area contributed by atoms with E-state index in [1.807, 2.05) is 31.2 Å². The van der Waals surface area contributed by atoms with Gasteiger partial charge in [0.15, 0.2) is 0 Å². The van der Waals surface area contributed by atoms with Gasteiger partial charge in [-0.15, -0.1) is 0 Å². The van der Waals surface area contributed by atoms with Crippen molar-refractivity contribution >= 4 is 64.4 Å². The summed E-state index contributed by atoms with van der Waals surface area (Å²) >= 11 is 18.4. The van der Waals surface area contributed by atoms with Crippen LogP contribution in [0.15, 0.2) is 90.5 Å². The Hall–Kier alpha value is -4.30. The Morgan fingerprint density at radius 2 is 1.43 bits per heavy atom. The largest absolute Gasteiger partial charge is 0.489 e. The van der Waals surface area contributed by atoms with Crippen LogP contribution in [0.2, 0.25) is 15.1 Å². The molecule has 212 valence electrons. The number of hydrogen-bond donors (Lipinski definition) is 1. The van der Waals surface area contributed by atoms with Gasteiger partial charge in [0, 0.05) is 0 Å². The van der Waals surface area contributed by atoms with E-state index in [4.69, 9.17) is 44.3 Å². The number of benzene rings is 4. The smallest absolute Gasteiger partial charge is 0.335 e. The Balaban J connectivity index is 1.28. The second-order valence-corrected chi connectivity index (χ2v) is 10.7. The molecule has 4 aromatic carbocycles. The first kappa shape index (κ1) is 29.2. The molecule has 1 aliphatic rings. The third-order valence-electron chi connectivity index (χ3n) is 6.37. The number of amides is 4. The molecule has 0 radical (unpaired) electrons. The number of rotatable bonds is 8. The van der Waals surface area contributed by atoms with Crippen LogP contribution in [-0.2, 0) is 22.8 Å². The Morgan fingerprint density at radius 1 is 0.738 bits per heavy atom. The predicted octanol–water partition coefficient (Wildman–Crippen LogP) is 7.78. The lowest BCUT2D eigenvalue weighted by molar-refractivity contribution is -0.122. The summed E-state index contributed by atoms with van der Waals surface area (Å²) in [7, 11) is 0. The monoisotopic (exact) mass is 620 g/mol. The topological polar surface area (TPSA) is 84.9 Å². The van der Waals surface area contributed by atoms with E-state index in [-0.39, 0.29) is 22.9 Å². The first-order valence-corrected chi connectivity index (χ1v) is 13.9. The molecule has 1 N–H and O–H groups in total. The van der Waals surface area contributed by atoms with Crippen molar-refractivity contribution < 1.29 is 23.9 Å². The van der Waals surface area contributed by atoms with Crippen LogP contribution < -0.4 is 19.7 Å². The van der Waals surface area contributed by atoms with E-state index in [1.165, 1.54) is 6.08 Å². The number of imide groups is 2. The Kier molecular flexibility index (Phi) is 8.83. The summed E-state index contributed by atoms with van der Waals surface area (Å²) in [6.45, 7) is 2.58. The number of nitrogens with one attached hydrogen (secondary N) is 1. The quantitative estimate of drug-likeness (QED) is 0.160. The highest BCUT2D eigenvalue weighted by molar-refractivity contribution is 6.42. The first-order valence-electron chi connectivity index (χ1n) is 12.7. The number of aryl methyl sites for hydroxylation is 1. The summed E-state index contributed by atoms with van der Waals surface area (Å²) in [6.07, 6.45) is 1.37. The van der Waals surface area contributed by atoms with Crippen molar-refractivity contribution in [1.82, 2.24) is 5.32 Å². The highest BCUT2D eigenvalue weighted by atomic mass is 35.5. The molecule has 4 amide bonds. The zero-order valence-corrected chi connectivity index (χ0v) is 24.5. The fourth-order valence-electron chi connectivity index (χ4n) is 4.12. The van der Waals surface area contributed by atoms with E-state index in [0.717, 1.165) is 21.6 Å². The van der Waals surface area contributed by atoms with Gasteiger partial charge in [0.05, 0.1) is 20.8 Å². The van der Waals surface area contributed by atoms with Crippen molar-refractivity contribution in [2.24, 2.45) is 0 Å². The standard InChI is InChI=1S/C32H23Cl3N2O5/c1-19-2-4-20(5-3-19)17-41-24-10-8-23(9-11-24)37-31(39)25(30(38)36-32(37)40)14-21-7-13-29(28(35)15-21)42-18-22-6-12-26(33)27(34)16-22/h2-16H,17-18H2,1H3,(H,36,38,40)/b25-14+. The lowest BCUT2D eigenvalue weighted by Crippen LogP contribution is -2.54. The van der Waals surface area contributed by atoms with Crippen LogP contribution in [0.5, 0.6) is 11.5 Å². The number of barbiturate groups is 1. The maximum absolute atomic E-state index is 13.3. The SMILES string of the molecule is Cc1ccc(COc2ccc(N3C(=O)NC(=O)/C(=C\c4ccc(OCc5ccc(Cl)c(Cl)c5)c(Cl)c4)C3=O)cc2)cc1. The van der Waals surface area contributed by atoms with Crippen LogP contribution in [-0.4, -0.2) is 17.8 Å². The highest BCUT2D eigenvalue weighted by Crippen LogP contribution is 2.30. The number of carbonyl (C=O) groups excluding carboxylic acids is 3. The van der Waals surface area contributed by atoms with Gasteiger partial charge in [-0.25, -0.2) is 9.69 Å². The molecule has 0 aromatic heterocycles. The zero-order valence-electron chi connectivity index (χ0n) is 22.2. The van der Waals surface area contributed by atoms with E-state index in [1.54, 1.807) is 60.7 Å². The normalized spacial score (nSPS) is 14.2. The molecule has 1 aliphatic heterocycles. The van der Waals surface area contributed by atoms with Gasteiger partial charge in [-0.2, -0.15) is 0 Å².